The van der Waals surface area contributed by atoms with Gasteiger partial charge in [-0.2, -0.15) is 5.10 Å². The molecule has 5 nitrogen and oxygen atoms in total. The second-order valence-electron chi connectivity index (χ2n) is 5.08. The van der Waals surface area contributed by atoms with Crippen molar-refractivity contribution in [1.82, 2.24) is 14.8 Å². The molecule has 112 valence electrons. The molecule has 0 saturated carbocycles. The monoisotopic (exact) mass is 294 g/mol. The van der Waals surface area contributed by atoms with E-state index in [4.69, 9.17) is 10.5 Å². The molecule has 0 fully saturated rings. The van der Waals surface area contributed by atoms with Gasteiger partial charge in [0, 0.05) is 17.7 Å². The number of hydrogen-bond acceptors (Lipinski definition) is 4. The minimum atomic E-state index is -0.130. The average Bonchev–Trinajstić information content (AvgIpc) is 3.01. The molecule has 0 radical (unpaired) electrons. The van der Waals surface area contributed by atoms with Crippen LogP contribution >= 0.6 is 0 Å². The molecule has 0 aliphatic heterocycles. The van der Waals surface area contributed by atoms with Crippen LogP contribution in [0.25, 0.3) is 16.9 Å². The summed E-state index contributed by atoms with van der Waals surface area (Å²) in [6.45, 7) is 1.92. The molecule has 0 amide bonds. The van der Waals surface area contributed by atoms with Gasteiger partial charge in [0.25, 0.3) is 0 Å². The molecule has 5 heteroatoms. The average molecular weight is 294 g/mol. The molecule has 0 bridgehead atoms. The zero-order chi connectivity index (χ0) is 15.5. The van der Waals surface area contributed by atoms with Crippen LogP contribution in [-0.4, -0.2) is 21.9 Å². The lowest BCUT2D eigenvalue weighted by molar-refractivity contribution is 0.397. The Morgan fingerprint density at radius 3 is 2.50 bits per heavy atom. The van der Waals surface area contributed by atoms with Crippen molar-refractivity contribution >= 4 is 0 Å². The fraction of sp³-hybridized carbons (Fsp3) is 0.176. The quantitative estimate of drug-likeness (QED) is 0.803. The normalized spacial score (nSPS) is 12.1. The van der Waals surface area contributed by atoms with Crippen LogP contribution in [0.3, 0.4) is 0 Å². The van der Waals surface area contributed by atoms with Gasteiger partial charge < -0.3 is 10.5 Å². The molecule has 22 heavy (non-hydrogen) atoms. The van der Waals surface area contributed by atoms with Crippen LogP contribution in [0.1, 0.15) is 18.7 Å². The Kier molecular flexibility index (Phi) is 3.89. The molecule has 0 aliphatic carbocycles. The van der Waals surface area contributed by atoms with Gasteiger partial charge in [0.15, 0.2) is 0 Å². The van der Waals surface area contributed by atoms with E-state index in [0.717, 1.165) is 22.6 Å². The van der Waals surface area contributed by atoms with Crippen LogP contribution in [0.4, 0.5) is 0 Å². The van der Waals surface area contributed by atoms with Gasteiger partial charge in [-0.3, -0.25) is 0 Å². The lowest BCUT2D eigenvalue weighted by Gasteiger charge is -2.08. The first-order chi connectivity index (χ1) is 10.7. The number of hydrogen-bond donors (Lipinski definition) is 1. The van der Waals surface area contributed by atoms with E-state index >= 15 is 0 Å². The van der Waals surface area contributed by atoms with Crippen molar-refractivity contribution in [2.75, 3.05) is 7.11 Å². The van der Waals surface area contributed by atoms with Crippen molar-refractivity contribution in [3.8, 4) is 22.8 Å². The number of nitrogens with zero attached hydrogens (tertiary/aromatic N) is 3. The molecule has 0 spiro atoms. The van der Waals surface area contributed by atoms with E-state index in [9.17, 15) is 0 Å². The van der Waals surface area contributed by atoms with Crippen molar-refractivity contribution < 1.29 is 4.74 Å². The maximum Gasteiger partial charge on any atom is 0.213 e. The predicted octanol–water partition coefficient (Wildman–Crippen LogP) is 2.96. The second kappa shape index (κ2) is 5.99. The van der Waals surface area contributed by atoms with Crippen molar-refractivity contribution in [2.24, 2.45) is 5.73 Å². The van der Waals surface area contributed by atoms with E-state index < -0.39 is 0 Å². The molecule has 0 saturated heterocycles. The Labute approximate surface area is 129 Å². The molecule has 3 aromatic rings. The van der Waals surface area contributed by atoms with E-state index in [-0.39, 0.29) is 6.04 Å². The summed E-state index contributed by atoms with van der Waals surface area (Å²) in [4.78, 5) is 4.25. The van der Waals surface area contributed by atoms with Gasteiger partial charge in [0.05, 0.1) is 30.4 Å². The van der Waals surface area contributed by atoms with Crippen LogP contribution in [0.5, 0.6) is 5.88 Å². The first-order valence-electron chi connectivity index (χ1n) is 7.10. The van der Waals surface area contributed by atoms with Crippen molar-refractivity contribution in [3.63, 3.8) is 0 Å². The van der Waals surface area contributed by atoms with Gasteiger partial charge in [0.2, 0.25) is 5.88 Å². The van der Waals surface area contributed by atoms with Gasteiger partial charge in [-0.25, -0.2) is 9.67 Å². The summed E-state index contributed by atoms with van der Waals surface area (Å²) >= 11 is 0. The third-order valence-electron chi connectivity index (χ3n) is 3.44. The summed E-state index contributed by atoms with van der Waals surface area (Å²) in [6.07, 6.45) is 1.74. The molecular weight excluding hydrogens is 276 g/mol. The van der Waals surface area contributed by atoms with Crippen molar-refractivity contribution in [2.45, 2.75) is 13.0 Å². The maximum absolute atomic E-state index is 5.99. The van der Waals surface area contributed by atoms with E-state index in [1.807, 2.05) is 48.0 Å². The standard InChI is InChI=1S/C17H18N4O/c1-12(18)15-10-16(13-6-4-3-5-7-13)21(20-15)14-8-9-17(22-2)19-11-14/h3-12H,18H2,1-2H3. The van der Waals surface area contributed by atoms with E-state index in [1.165, 1.54) is 0 Å². The predicted molar refractivity (Wildman–Crippen MR) is 85.9 cm³/mol. The highest BCUT2D eigenvalue weighted by atomic mass is 16.5. The maximum atomic E-state index is 5.99. The van der Waals surface area contributed by atoms with Gasteiger partial charge in [-0.05, 0) is 19.1 Å². The highest BCUT2D eigenvalue weighted by molar-refractivity contribution is 5.62. The molecular formula is C17H18N4O. The fourth-order valence-corrected chi connectivity index (χ4v) is 2.25. The molecule has 2 heterocycles. The van der Waals surface area contributed by atoms with E-state index in [0.29, 0.717) is 5.88 Å². The van der Waals surface area contributed by atoms with Gasteiger partial charge in [-0.15, -0.1) is 0 Å². The van der Waals surface area contributed by atoms with Gasteiger partial charge in [-0.1, -0.05) is 30.3 Å². The Balaban J connectivity index is 2.12. The van der Waals surface area contributed by atoms with Gasteiger partial charge in [0.1, 0.15) is 0 Å². The van der Waals surface area contributed by atoms with E-state index in [1.54, 1.807) is 13.3 Å². The number of nitrogens with two attached hydrogens (primary N) is 1. The summed E-state index contributed by atoms with van der Waals surface area (Å²) in [5.74, 6) is 0.574. The third kappa shape index (κ3) is 2.71. The molecule has 1 unspecified atom stereocenters. The van der Waals surface area contributed by atoms with Crippen LogP contribution in [0.2, 0.25) is 0 Å². The van der Waals surface area contributed by atoms with Crippen molar-refractivity contribution in [3.05, 3.63) is 60.4 Å². The minimum absolute atomic E-state index is 0.130. The highest BCUT2D eigenvalue weighted by Crippen LogP contribution is 2.25. The minimum Gasteiger partial charge on any atom is -0.481 e. The van der Waals surface area contributed by atoms with Crippen LogP contribution in [0.15, 0.2) is 54.7 Å². The van der Waals surface area contributed by atoms with Gasteiger partial charge >= 0.3 is 0 Å². The molecule has 2 N–H and O–H groups in total. The van der Waals surface area contributed by atoms with Crippen LogP contribution in [0, 0.1) is 0 Å². The Hall–Kier alpha value is -2.66. The Morgan fingerprint density at radius 2 is 1.91 bits per heavy atom. The zero-order valence-corrected chi connectivity index (χ0v) is 12.6. The highest BCUT2D eigenvalue weighted by Gasteiger charge is 2.14. The summed E-state index contributed by atoms with van der Waals surface area (Å²) < 4.78 is 6.96. The lowest BCUT2D eigenvalue weighted by Crippen LogP contribution is -2.07. The molecule has 1 aromatic carbocycles. The largest absolute Gasteiger partial charge is 0.481 e. The summed E-state index contributed by atoms with van der Waals surface area (Å²) in [7, 11) is 1.60. The molecule has 0 aliphatic rings. The number of ether oxygens (including phenoxy) is 1. The summed E-state index contributed by atoms with van der Waals surface area (Å²) in [5.41, 5.74) is 9.76. The number of methoxy groups -OCH3 is 1. The number of aromatic nitrogens is 3. The SMILES string of the molecule is COc1ccc(-n2nc(C(C)N)cc2-c2ccccc2)cn1. The third-order valence-corrected chi connectivity index (χ3v) is 3.44. The second-order valence-corrected chi connectivity index (χ2v) is 5.08. The smallest absolute Gasteiger partial charge is 0.213 e. The molecule has 1 atom stereocenters. The molecule has 3 rings (SSSR count). The van der Waals surface area contributed by atoms with Crippen molar-refractivity contribution in [1.29, 1.82) is 0 Å². The number of pyridine rings is 1. The first-order valence-corrected chi connectivity index (χ1v) is 7.10. The Bertz CT molecular complexity index is 748. The lowest BCUT2D eigenvalue weighted by atomic mass is 10.1. The topological polar surface area (TPSA) is 66.0 Å². The summed E-state index contributed by atoms with van der Waals surface area (Å²) in [6, 6.07) is 15.7. The zero-order valence-electron chi connectivity index (χ0n) is 12.6. The fourth-order valence-electron chi connectivity index (χ4n) is 2.25. The number of benzene rings is 1. The number of rotatable bonds is 4. The Morgan fingerprint density at radius 1 is 1.14 bits per heavy atom. The van der Waals surface area contributed by atoms with Crippen LogP contribution < -0.4 is 10.5 Å². The summed E-state index contributed by atoms with van der Waals surface area (Å²) in [5, 5.41) is 4.62. The first kappa shape index (κ1) is 14.3. The molecule has 2 aromatic heterocycles. The van der Waals surface area contributed by atoms with Crippen LogP contribution in [-0.2, 0) is 0 Å². The van der Waals surface area contributed by atoms with E-state index in [2.05, 4.69) is 22.2 Å².